The van der Waals surface area contributed by atoms with E-state index in [1.54, 1.807) is 48.6 Å². The summed E-state index contributed by atoms with van der Waals surface area (Å²) in [5, 5.41) is 3.37. The van der Waals surface area contributed by atoms with Crippen molar-refractivity contribution in [2.24, 2.45) is 10.9 Å². The highest BCUT2D eigenvalue weighted by molar-refractivity contribution is 6.21. The zero-order valence-electron chi connectivity index (χ0n) is 14.6. The maximum atomic E-state index is 12.5. The minimum absolute atomic E-state index is 0.0587. The van der Waals surface area contributed by atoms with Crippen LogP contribution in [0.15, 0.2) is 68.8 Å². The summed E-state index contributed by atoms with van der Waals surface area (Å²) in [5.74, 6) is -1.32. The highest BCUT2D eigenvalue weighted by atomic mass is 16.4. The van der Waals surface area contributed by atoms with E-state index in [1.807, 2.05) is 0 Å². The highest BCUT2D eigenvalue weighted by Gasteiger charge is 2.35. The van der Waals surface area contributed by atoms with E-state index in [2.05, 4.69) is 10.3 Å². The number of aliphatic imine (C=N–C) groups is 1. The molecule has 0 fully saturated rings. The van der Waals surface area contributed by atoms with Gasteiger partial charge >= 0.3 is 11.7 Å². The maximum Gasteiger partial charge on any atom is 0.350 e. The number of nitrogens with zero attached hydrogens (tertiary/aromatic N) is 2. The Hall–Kier alpha value is -3.81. The van der Waals surface area contributed by atoms with Gasteiger partial charge in [-0.05, 0) is 30.3 Å². The molecule has 8 heteroatoms. The lowest BCUT2D eigenvalue weighted by Gasteiger charge is -2.28. The highest BCUT2D eigenvalue weighted by Crippen LogP contribution is 2.20. The molecule has 0 saturated heterocycles. The SMILES string of the molecule is O=C(CCN1C(=O)N=C2C=CC=CC2C1=O)Nc1ccc2oc(=O)ccc2c1. The Labute approximate surface area is 158 Å². The van der Waals surface area contributed by atoms with Crippen LogP contribution < -0.4 is 10.9 Å². The molecule has 0 bridgehead atoms. The lowest BCUT2D eigenvalue weighted by molar-refractivity contribution is -0.129. The molecule has 1 N–H and O–H groups in total. The minimum Gasteiger partial charge on any atom is -0.423 e. The molecule has 2 aliphatic rings. The summed E-state index contributed by atoms with van der Waals surface area (Å²) in [4.78, 5) is 52.9. The molecule has 1 aliphatic carbocycles. The maximum absolute atomic E-state index is 12.5. The van der Waals surface area contributed by atoms with Crippen LogP contribution >= 0.6 is 0 Å². The van der Waals surface area contributed by atoms with E-state index in [0.717, 1.165) is 4.90 Å². The summed E-state index contributed by atoms with van der Waals surface area (Å²) in [7, 11) is 0. The zero-order valence-corrected chi connectivity index (χ0v) is 14.6. The van der Waals surface area contributed by atoms with E-state index in [1.165, 1.54) is 6.07 Å². The van der Waals surface area contributed by atoms with Gasteiger partial charge in [-0.3, -0.25) is 14.5 Å². The molecular weight excluding hydrogens is 362 g/mol. The Balaban J connectivity index is 1.41. The Morgan fingerprint density at radius 1 is 1.14 bits per heavy atom. The van der Waals surface area contributed by atoms with Crippen LogP contribution in [0, 0.1) is 5.92 Å². The average molecular weight is 377 g/mol. The van der Waals surface area contributed by atoms with Crippen molar-refractivity contribution >= 4 is 40.2 Å². The Morgan fingerprint density at radius 2 is 2.00 bits per heavy atom. The van der Waals surface area contributed by atoms with Crippen LogP contribution in [0.1, 0.15) is 6.42 Å². The van der Waals surface area contributed by atoms with Crippen LogP contribution in [0.3, 0.4) is 0 Å². The summed E-state index contributed by atoms with van der Waals surface area (Å²) in [6, 6.07) is 7.10. The fourth-order valence-electron chi connectivity index (χ4n) is 3.07. The number of imide groups is 1. The van der Waals surface area contributed by atoms with Crippen LogP contribution in [0.25, 0.3) is 11.0 Å². The van der Waals surface area contributed by atoms with Crippen LogP contribution in [0.5, 0.6) is 0 Å². The topological polar surface area (TPSA) is 109 Å². The summed E-state index contributed by atoms with van der Waals surface area (Å²) in [5.41, 5.74) is 0.900. The van der Waals surface area contributed by atoms with Gasteiger partial charge < -0.3 is 9.73 Å². The number of rotatable bonds is 4. The van der Waals surface area contributed by atoms with Crippen molar-refractivity contribution in [3.8, 4) is 0 Å². The molecule has 0 radical (unpaired) electrons. The number of nitrogens with one attached hydrogen (secondary N) is 1. The lowest BCUT2D eigenvalue weighted by Crippen LogP contribution is -2.46. The second kappa shape index (κ2) is 7.07. The van der Waals surface area contributed by atoms with E-state index < -0.39 is 17.6 Å². The molecule has 8 nitrogen and oxygen atoms in total. The van der Waals surface area contributed by atoms with Crippen molar-refractivity contribution in [1.29, 1.82) is 0 Å². The number of allylic oxidation sites excluding steroid dienone is 3. The number of hydrogen-bond acceptors (Lipinski definition) is 5. The number of carbonyl (C=O) groups excluding carboxylic acids is 3. The van der Waals surface area contributed by atoms with Gasteiger partial charge in [-0.1, -0.05) is 18.2 Å². The molecule has 28 heavy (non-hydrogen) atoms. The van der Waals surface area contributed by atoms with Crippen LogP contribution in [-0.4, -0.2) is 35.0 Å². The van der Waals surface area contributed by atoms with E-state index in [9.17, 15) is 19.2 Å². The van der Waals surface area contributed by atoms with Crippen LogP contribution in [0.2, 0.25) is 0 Å². The van der Waals surface area contributed by atoms with Gasteiger partial charge in [-0.2, -0.15) is 4.99 Å². The molecule has 1 aromatic carbocycles. The van der Waals surface area contributed by atoms with Gasteiger partial charge in [0.25, 0.3) is 0 Å². The second-order valence-electron chi connectivity index (χ2n) is 6.34. The first-order valence-electron chi connectivity index (χ1n) is 8.64. The molecule has 2 aromatic rings. The third-order valence-corrected chi connectivity index (χ3v) is 4.45. The summed E-state index contributed by atoms with van der Waals surface area (Å²) in [6.45, 7) is -0.0587. The number of carbonyl (C=O) groups is 3. The van der Waals surface area contributed by atoms with Gasteiger partial charge in [0.05, 0.1) is 11.6 Å². The molecule has 140 valence electrons. The fraction of sp³-hybridized carbons (Fsp3) is 0.150. The van der Waals surface area contributed by atoms with Gasteiger partial charge in [-0.25, -0.2) is 9.59 Å². The summed E-state index contributed by atoms with van der Waals surface area (Å²) < 4.78 is 5.04. The van der Waals surface area contributed by atoms with E-state index in [4.69, 9.17) is 4.42 Å². The van der Waals surface area contributed by atoms with Gasteiger partial charge in [0.15, 0.2) is 0 Å². The number of hydrogen-bond donors (Lipinski definition) is 1. The average Bonchev–Trinajstić information content (AvgIpc) is 2.68. The number of anilines is 1. The van der Waals surface area contributed by atoms with Crippen molar-refractivity contribution in [2.45, 2.75) is 6.42 Å². The molecule has 0 spiro atoms. The first-order valence-corrected chi connectivity index (χ1v) is 8.64. The van der Waals surface area contributed by atoms with Gasteiger partial charge in [0.1, 0.15) is 5.58 Å². The first-order chi connectivity index (χ1) is 13.5. The van der Waals surface area contributed by atoms with Crippen molar-refractivity contribution in [2.75, 3.05) is 11.9 Å². The predicted molar refractivity (Wildman–Crippen MR) is 102 cm³/mol. The number of fused-ring (bicyclic) bond motifs is 2. The molecule has 4 rings (SSSR count). The zero-order chi connectivity index (χ0) is 19.7. The largest absolute Gasteiger partial charge is 0.423 e. The second-order valence-corrected chi connectivity index (χ2v) is 6.34. The number of urea groups is 1. The molecule has 1 aromatic heterocycles. The minimum atomic E-state index is -0.662. The van der Waals surface area contributed by atoms with Gasteiger partial charge in [0.2, 0.25) is 11.8 Å². The fourth-order valence-corrected chi connectivity index (χ4v) is 3.07. The molecule has 4 amide bonds. The smallest absolute Gasteiger partial charge is 0.350 e. The number of amides is 4. The van der Waals surface area contributed by atoms with E-state index >= 15 is 0 Å². The van der Waals surface area contributed by atoms with E-state index in [0.29, 0.717) is 22.4 Å². The Bertz CT molecular complexity index is 1140. The van der Waals surface area contributed by atoms with Crippen molar-refractivity contribution in [3.05, 3.63) is 65.1 Å². The van der Waals surface area contributed by atoms with Crippen molar-refractivity contribution < 1.29 is 18.8 Å². The molecule has 1 atom stereocenters. The normalized spacial score (nSPS) is 18.2. The third kappa shape index (κ3) is 3.39. The summed E-state index contributed by atoms with van der Waals surface area (Å²) >= 11 is 0. The van der Waals surface area contributed by atoms with Gasteiger partial charge in [-0.15, -0.1) is 0 Å². The third-order valence-electron chi connectivity index (χ3n) is 4.45. The standard InChI is InChI=1S/C20H15N3O5/c24-17(21-13-6-7-16-12(11-13)5-8-18(25)28-16)9-10-23-19(26)14-3-1-2-4-15(14)22-20(23)27/h1-8,11,14H,9-10H2,(H,21,24). The number of benzene rings is 1. The van der Waals surface area contributed by atoms with E-state index in [-0.39, 0.29) is 24.8 Å². The van der Waals surface area contributed by atoms with Crippen LogP contribution in [-0.2, 0) is 9.59 Å². The predicted octanol–water partition coefficient (Wildman–Crippen LogP) is 2.27. The lowest BCUT2D eigenvalue weighted by atomic mass is 9.95. The first kappa shape index (κ1) is 17.6. The van der Waals surface area contributed by atoms with Gasteiger partial charge in [0, 0.05) is 30.1 Å². The molecule has 2 heterocycles. The molecule has 1 unspecified atom stereocenters. The quantitative estimate of drug-likeness (QED) is 0.822. The van der Waals surface area contributed by atoms with Crippen LogP contribution in [0.4, 0.5) is 10.5 Å². The Kier molecular flexibility index (Phi) is 4.44. The Morgan fingerprint density at radius 3 is 2.86 bits per heavy atom. The van der Waals surface area contributed by atoms with Crippen molar-refractivity contribution in [3.63, 3.8) is 0 Å². The molecule has 0 saturated carbocycles. The monoisotopic (exact) mass is 377 g/mol. The summed E-state index contributed by atoms with van der Waals surface area (Å²) in [6.07, 6.45) is 6.69. The van der Waals surface area contributed by atoms with Crippen molar-refractivity contribution in [1.82, 2.24) is 4.90 Å². The molecule has 1 aliphatic heterocycles. The molecular formula is C20H15N3O5.